The van der Waals surface area contributed by atoms with Crippen LogP contribution in [-0.2, 0) is 0 Å². The summed E-state index contributed by atoms with van der Waals surface area (Å²) in [5, 5.41) is 26.1. The lowest BCUT2D eigenvalue weighted by molar-refractivity contribution is -0.00000456. The number of aliphatic hydroxyl groups is 3. The fourth-order valence-corrected chi connectivity index (χ4v) is 1.30. The Labute approximate surface area is 67.8 Å². The van der Waals surface area contributed by atoms with Crippen molar-refractivity contribution in [2.24, 2.45) is 0 Å². The molecule has 0 bridgehead atoms. The van der Waals surface area contributed by atoms with E-state index in [0.717, 1.165) is 0 Å². The van der Waals surface area contributed by atoms with Gasteiger partial charge in [0.1, 0.15) is 0 Å². The Morgan fingerprint density at radius 2 is 1.30 bits per heavy atom. The smallest absolute Gasteiger partial charge is 0.158 e. The van der Waals surface area contributed by atoms with Crippen molar-refractivity contribution in [1.29, 1.82) is 0 Å². The van der Waals surface area contributed by atoms with E-state index in [2.05, 4.69) is 0 Å². The van der Waals surface area contributed by atoms with Crippen molar-refractivity contribution in [3.8, 4) is 0 Å². The largest absolute Gasteiger partial charge is 1.00 e. The van der Waals surface area contributed by atoms with Gasteiger partial charge >= 0.3 is 0 Å². The van der Waals surface area contributed by atoms with Crippen LogP contribution in [0.4, 0.5) is 0 Å². The monoisotopic (exact) mass is 188 g/mol. The predicted molar refractivity (Wildman–Crippen MR) is 38.7 cm³/mol. The second-order valence-corrected chi connectivity index (χ2v) is 6.25. The molecule has 0 heterocycles. The molecule has 0 aromatic heterocycles. The lowest BCUT2D eigenvalue weighted by Crippen LogP contribution is -3.00. The minimum Gasteiger partial charge on any atom is -1.00 e. The third kappa shape index (κ3) is 3.13. The summed E-state index contributed by atoms with van der Waals surface area (Å²) in [5.74, 6) is 0. The van der Waals surface area contributed by atoms with Crippen LogP contribution in [0.5, 0.6) is 0 Å². The molecule has 0 aliphatic carbocycles. The average molecular weight is 189 g/mol. The second-order valence-electron chi connectivity index (χ2n) is 2.08. The molecule has 64 valence electrons. The molecule has 0 rings (SSSR count). The summed E-state index contributed by atoms with van der Waals surface area (Å²) in [6, 6.07) is 0. The zero-order chi connectivity index (χ0) is 7.33. The Kier molecular flexibility index (Phi) is 8.35. The molecule has 0 aliphatic rings. The summed E-state index contributed by atoms with van der Waals surface area (Å²) in [7, 11) is -1.75. The standard InChI is InChI=1S/C5H14O3P.ClH/c1-2-9(3-6,4-7)5-8;/h6-8H,2-5H2,1H3;1H/q+1;/p-1. The Balaban J connectivity index is 0. The first-order valence-electron chi connectivity index (χ1n) is 2.92. The minimum absolute atomic E-state index is 0. The molecule has 0 aromatic carbocycles. The van der Waals surface area contributed by atoms with Gasteiger partial charge in [-0.15, -0.1) is 0 Å². The first-order valence-corrected chi connectivity index (χ1v) is 5.45. The molecule has 0 amide bonds. The van der Waals surface area contributed by atoms with Crippen LogP contribution in [0.3, 0.4) is 0 Å². The summed E-state index contributed by atoms with van der Waals surface area (Å²) < 4.78 is 0. The van der Waals surface area contributed by atoms with E-state index in [1.807, 2.05) is 6.92 Å². The first kappa shape index (κ1) is 13.2. The highest BCUT2D eigenvalue weighted by Crippen LogP contribution is 2.55. The lowest BCUT2D eigenvalue weighted by atomic mass is 11.0. The molecule has 0 radical (unpaired) electrons. The molecule has 0 aromatic rings. The molecule has 0 aliphatic heterocycles. The Hall–Kier alpha value is 0.600. The lowest BCUT2D eigenvalue weighted by Gasteiger charge is -2.17. The molecule has 0 unspecified atom stereocenters. The normalized spacial score (nSPS) is 10.8. The second kappa shape index (κ2) is 6.32. The van der Waals surface area contributed by atoms with Gasteiger partial charge < -0.3 is 27.7 Å². The van der Waals surface area contributed by atoms with E-state index in [-0.39, 0.29) is 31.5 Å². The molecule has 10 heavy (non-hydrogen) atoms. The molecule has 0 spiro atoms. The topological polar surface area (TPSA) is 60.7 Å². The fraction of sp³-hybridized carbons (Fsp3) is 1.00. The van der Waals surface area contributed by atoms with E-state index in [1.54, 1.807) is 0 Å². The van der Waals surface area contributed by atoms with Gasteiger partial charge in [-0.3, -0.25) is 0 Å². The van der Waals surface area contributed by atoms with E-state index in [0.29, 0.717) is 6.16 Å². The molecular formula is C5H14ClO3P. The molecule has 3 N–H and O–H groups in total. The van der Waals surface area contributed by atoms with Crippen LogP contribution >= 0.6 is 7.26 Å². The first-order chi connectivity index (χ1) is 4.24. The van der Waals surface area contributed by atoms with Crippen molar-refractivity contribution in [2.45, 2.75) is 6.92 Å². The molecule has 5 heteroatoms. The summed E-state index contributed by atoms with van der Waals surface area (Å²) in [4.78, 5) is 0. The minimum atomic E-state index is -1.75. The maximum atomic E-state index is 8.71. The Morgan fingerprint density at radius 3 is 1.30 bits per heavy atom. The van der Waals surface area contributed by atoms with Crippen molar-refractivity contribution in [3.63, 3.8) is 0 Å². The Bertz CT molecular complexity index is 59.8. The molecule has 0 fully saturated rings. The average Bonchev–Trinajstić information content (AvgIpc) is 1.95. The van der Waals surface area contributed by atoms with E-state index in [9.17, 15) is 0 Å². The van der Waals surface area contributed by atoms with E-state index < -0.39 is 7.26 Å². The van der Waals surface area contributed by atoms with Crippen molar-refractivity contribution in [2.75, 3.05) is 25.2 Å². The molecule has 0 saturated heterocycles. The van der Waals surface area contributed by atoms with Gasteiger partial charge in [-0.05, 0) is 6.92 Å². The van der Waals surface area contributed by atoms with Crippen LogP contribution in [0, 0.1) is 0 Å². The van der Waals surface area contributed by atoms with E-state index in [4.69, 9.17) is 15.3 Å². The summed E-state index contributed by atoms with van der Waals surface area (Å²) in [6.45, 7) is 1.87. The zero-order valence-corrected chi connectivity index (χ0v) is 7.65. The van der Waals surface area contributed by atoms with Crippen LogP contribution < -0.4 is 12.4 Å². The quantitative estimate of drug-likeness (QED) is 0.409. The van der Waals surface area contributed by atoms with Crippen molar-refractivity contribution < 1.29 is 27.7 Å². The van der Waals surface area contributed by atoms with Crippen molar-refractivity contribution in [3.05, 3.63) is 0 Å². The number of aliphatic hydroxyl groups excluding tert-OH is 3. The van der Waals surface area contributed by atoms with Crippen LogP contribution in [0.25, 0.3) is 0 Å². The molecule has 0 saturated carbocycles. The third-order valence-electron chi connectivity index (χ3n) is 1.57. The maximum Gasteiger partial charge on any atom is 0.158 e. The number of hydrogen-bond acceptors (Lipinski definition) is 3. The van der Waals surface area contributed by atoms with Gasteiger partial charge in [0.2, 0.25) is 0 Å². The maximum absolute atomic E-state index is 8.71. The zero-order valence-electron chi connectivity index (χ0n) is 6.00. The van der Waals surface area contributed by atoms with Gasteiger partial charge in [-0.25, -0.2) is 0 Å². The fourth-order valence-electron chi connectivity index (χ4n) is 0.434. The summed E-state index contributed by atoms with van der Waals surface area (Å²) >= 11 is 0. The predicted octanol–water partition coefficient (Wildman–Crippen LogP) is -3.12. The third-order valence-corrected chi connectivity index (χ3v) is 4.71. The van der Waals surface area contributed by atoms with E-state index in [1.165, 1.54) is 0 Å². The van der Waals surface area contributed by atoms with Crippen LogP contribution in [0.15, 0.2) is 0 Å². The number of hydrogen-bond donors (Lipinski definition) is 3. The summed E-state index contributed by atoms with van der Waals surface area (Å²) in [6.07, 6.45) is 0.569. The highest BCUT2D eigenvalue weighted by molar-refractivity contribution is 7.75. The van der Waals surface area contributed by atoms with Crippen LogP contribution in [-0.4, -0.2) is 40.5 Å². The van der Waals surface area contributed by atoms with Crippen LogP contribution in [0.2, 0.25) is 0 Å². The summed E-state index contributed by atoms with van der Waals surface area (Å²) in [5.41, 5.74) is 0. The van der Waals surface area contributed by atoms with Gasteiger partial charge in [0, 0.05) is 0 Å². The van der Waals surface area contributed by atoms with Gasteiger partial charge in [0.05, 0.1) is 13.4 Å². The SMILES string of the molecule is CC[P+](CO)(CO)CO.[Cl-]. The molecule has 0 atom stereocenters. The number of rotatable bonds is 4. The highest BCUT2D eigenvalue weighted by Gasteiger charge is 2.32. The van der Waals surface area contributed by atoms with Gasteiger partial charge in [-0.2, -0.15) is 0 Å². The van der Waals surface area contributed by atoms with Crippen molar-refractivity contribution >= 4 is 7.26 Å². The Morgan fingerprint density at radius 1 is 1.00 bits per heavy atom. The van der Waals surface area contributed by atoms with Gasteiger partial charge in [0.25, 0.3) is 0 Å². The number of halogens is 1. The molecule has 3 nitrogen and oxygen atoms in total. The van der Waals surface area contributed by atoms with Crippen LogP contribution in [0.1, 0.15) is 6.92 Å². The molecular weight excluding hydrogens is 174 g/mol. The van der Waals surface area contributed by atoms with Gasteiger partial charge in [-0.1, -0.05) is 0 Å². The van der Waals surface area contributed by atoms with Crippen molar-refractivity contribution in [1.82, 2.24) is 0 Å². The van der Waals surface area contributed by atoms with Gasteiger partial charge in [0.15, 0.2) is 19.0 Å². The van der Waals surface area contributed by atoms with E-state index >= 15 is 0 Å². The highest BCUT2D eigenvalue weighted by atomic mass is 35.5.